The van der Waals surface area contributed by atoms with Crippen molar-refractivity contribution in [3.63, 3.8) is 0 Å². The fourth-order valence-electron chi connectivity index (χ4n) is 4.38. The van der Waals surface area contributed by atoms with Crippen molar-refractivity contribution in [3.8, 4) is 0 Å². The molecule has 27 heavy (non-hydrogen) atoms. The van der Waals surface area contributed by atoms with Gasteiger partial charge in [-0.3, -0.25) is 14.9 Å². The molecule has 7 heteroatoms. The summed E-state index contributed by atoms with van der Waals surface area (Å²) in [5.41, 5.74) is 1.21. The number of anilines is 2. The second-order valence-electron chi connectivity index (χ2n) is 8.33. The number of hydrogen-bond acceptors (Lipinski definition) is 4. The van der Waals surface area contributed by atoms with Crippen LogP contribution in [0.25, 0.3) is 0 Å². The van der Waals surface area contributed by atoms with E-state index in [2.05, 4.69) is 24.1 Å². The number of hydrogen-bond donors (Lipinski definition) is 2. The molecule has 0 saturated carbocycles. The van der Waals surface area contributed by atoms with Crippen molar-refractivity contribution in [1.82, 2.24) is 0 Å². The third kappa shape index (κ3) is 5.19. The van der Waals surface area contributed by atoms with Crippen molar-refractivity contribution in [2.45, 2.75) is 39.5 Å². The zero-order chi connectivity index (χ0) is 19.4. The van der Waals surface area contributed by atoms with E-state index in [1.807, 2.05) is 0 Å². The molecule has 2 saturated heterocycles. The van der Waals surface area contributed by atoms with Gasteiger partial charge in [0.15, 0.2) is 6.54 Å². The van der Waals surface area contributed by atoms with Gasteiger partial charge in [-0.25, -0.2) is 0 Å². The highest BCUT2D eigenvalue weighted by atomic mass is 16.6. The molecule has 2 heterocycles. The van der Waals surface area contributed by atoms with Gasteiger partial charge in [-0.05, 0) is 43.7 Å². The first-order valence-electron chi connectivity index (χ1n) is 10.1. The first-order valence-corrected chi connectivity index (χ1v) is 10.1. The van der Waals surface area contributed by atoms with Crippen molar-refractivity contribution in [2.75, 3.05) is 42.9 Å². The van der Waals surface area contributed by atoms with Gasteiger partial charge in [0.25, 0.3) is 11.6 Å². The Kier molecular flexibility index (Phi) is 6.31. The van der Waals surface area contributed by atoms with Crippen LogP contribution in [-0.4, -0.2) is 43.6 Å². The van der Waals surface area contributed by atoms with Gasteiger partial charge in [0.2, 0.25) is 0 Å². The second kappa shape index (κ2) is 8.69. The molecule has 7 nitrogen and oxygen atoms in total. The molecule has 0 aromatic heterocycles. The summed E-state index contributed by atoms with van der Waals surface area (Å²) in [6.45, 7) is 8.68. The van der Waals surface area contributed by atoms with Crippen LogP contribution in [0.5, 0.6) is 0 Å². The quantitative estimate of drug-likeness (QED) is 0.610. The van der Waals surface area contributed by atoms with Gasteiger partial charge in [-0.2, -0.15) is 0 Å². The number of nitrogens with one attached hydrogen (secondary N) is 2. The van der Waals surface area contributed by atoms with Crippen molar-refractivity contribution in [2.24, 2.45) is 11.8 Å². The number of carbonyl (C=O) groups is 1. The lowest BCUT2D eigenvalue weighted by molar-refractivity contribution is -0.900. The highest BCUT2D eigenvalue weighted by molar-refractivity contribution is 5.94. The smallest absolute Gasteiger partial charge is 0.292 e. The molecule has 1 amide bonds. The highest BCUT2D eigenvalue weighted by Gasteiger charge is 2.25. The van der Waals surface area contributed by atoms with Crippen molar-refractivity contribution in [3.05, 3.63) is 28.3 Å². The van der Waals surface area contributed by atoms with E-state index in [9.17, 15) is 14.9 Å². The highest BCUT2D eigenvalue weighted by Crippen LogP contribution is 2.31. The summed E-state index contributed by atoms with van der Waals surface area (Å²) >= 11 is 0. The Morgan fingerprint density at radius 3 is 2.78 bits per heavy atom. The Balaban J connectivity index is 1.72. The minimum atomic E-state index is -0.423. The van der Waals surface area contributed by atoms with Gasteiger partial charge < -0.3 is 15.1 Å². The summed E-state index contributed by atoms with van der Waals surface area (Å²) in [5.74, 6) is 1.09. The van der Waals surface area contributed by atoms with E-state index < -0.39 is 4.92 Å². The number of nitrogens with zero attached hydrogens (tertiary/aromatic N) is 2. The van der Waals surface area contributed by atoms with E-state index >= 15 is 0 Å². The zero-order valence-corrected chi connectivity index (χ0v) is 16.4. The number of nitro groups is 1. The maximum Gasteiger partial charge on any atom is 0.292 e. The summed E-state index contributed by atoms with van der Waals surface area (Å²) < 4.78 is 0. The topological polar surface area (TPSA) is 79.9 Å². The molecule has 1 unspecified atom stereocenters. The first-order chi connectivity index (χ1) is 12.9. The number of rotatable bonds is 5. The molecule has 2 N–H and O–H groups in total. The SMILES string of the molecule is C[C@@H]1CCC[NH+](CC(=O)Nc2cc(N3CCC[C@H](C)C3)ccc2[N+](=O)[O-])C1. The van der Waals surface area contributed by atoms with Crippen LogP contribution in [0.3, 0.4) is 0 Å². The van der Waals surface area contributed by atoms with Gasteiger partial charge in [0, 0.05) is 30.8 Å². The molecule has 1 aromatic rings. The number of nitro benzene ring substituents is 1. The molecular weight excluding hydrogens is 344 g/mol. The van der Waals surface area contributed by atoms with Crippen LogP contribution in [-0.2, 0) is 4.79 Å². The average molecular weight is 375 g/mol. The number of piperidine rings is 2. The van der Waals surface area contributed by atoms with Crippen LogP contribution in [0.1, 0.15) is 39.5 Å². The molecule has 3 rings (SSSR count). The monoisotopic (exact) mass is 375 g/mol. The first kappa shape index (κ1) is 19.6. The number of amides is 1. The van der Waals surface area contributed by atoms with Gasteiger partial charge in [0.1, 0.15) is 5.69 Å². The lowest BCUT2D eigenvalue weighted by Gasteiger charge is -2.33. The van der Waals surface area contributed by atoms with E-state index in [1.165, 1.54) is 23.8 Å². The Hall–Kier alpha value is -2.15. The van der Waals surface area contributed by atoms with Gasteiger partial charge in [0.05, 0.1) is 18.0 Å². The van der Waals surface area contributed by atoms with Crippen LogP contribution in [0.15, 0.2) is 18.2 Å². The minimum absolute atomic E-state index is 0.0424. The van der Waals surface area contributed by atoms with Crippen LogP contribution < -0.4 is 15.1 Å². The standard InChI is InChI=1S/C20H30N4O3/c1-15-5-3-9-22(12-15)14-20(25)21-18-11-17(7-8-19(18)24(26)27)23-10-4-6-16(2)13-23/h7-8,11,15-16H,3-6,9-10,12-14H2,1-2H3,(H,21,25)/p+1/t15-,16+/m1/s1. The summed E-state index contributed by atoms with van der Waals surface area (Å²) in [6, 6.07) is 5.08. The molecule has 0 spiro atoms. The third-order valence-electron chi connectivity index (χ3n) is 5.75. The summed E-state index contributed by atoms with van der Waals surface area (Å²) in [7, 11) is 0. The summed E-state index contributed by atoms with van der Waals surface area (Å²) in [4.78, 5) is 27.0. The maximum atomic E-state index is 12.5. The zero-order valence-electron chi connectivity index (χ0n) is 16.4. The molecule has 2 aliphatic rings. The molecule has 148 valence electrons. The third-order valence-corrected chi connectivity index (χ3v) is 5.75. The average Bonchev–Trinajstić information content (AvgIpc) is 2.61. The molecule has 3 atom stereocenters. The maximum absolute atomic E-state index is 12.5. The number of carbonyl (C=O) groups excluding carboxylic acids is 1. The van der Waals surface area contributed by atoms with Crippen LogP contribution in [0.2, 0.25) is 0 Å². The minimum Gasteiger partial charge on any atom is -0.371 e. The van der Waals surface area contributed by atoms with Gasteiger partial charge >= 0.3 is 0 Å². The molecule has 0 radical (unpaired) electrons. The summed E-state index contributed by atoms with van der Waals surface area (Å²) in [5, 5.41) is 14.2. The molecule has 2 fully saturated rings. The van der Waals surface area contributed by atoms with Crippen molar-refractivity contribution < 1.29 is 14.6 Å². The van der Waals surface area contributed by atoms with E-state index in [0.29, 0.717) is 24.1 Å². The Labute approximate surface area is 160 Å². The second-order valence-corrected chi connectivity index (χ2v) is 8.33. The fourth-order valence-corrected chi connectivity index (χ4v) is 4.38. The van der Waals surface area contributed by atoms with Gasteiger partial charge in [-0.15, -0.1) is 0 Å². The normalized spacial score (nSPS) is 25.9. The lowest BCUT2D eigenvalue weighted by atomic mass is 9.99. The van der Waals surface area contributed by atoms with Gasteiger partial charge in [-0.1, -0.05) is 13.8 Å². The predicted octanol–water partition coefficient (Wildman–Crippen LogP) is 2.08. The van der Waals surface area contributed by atoms with Crippen molar-refractivity contribution >= 4 is 23.0 Å². The van der Waals surface area contributed by atoms with E-state index in [4.69, 9.17) is 0 Å². The number of likely N-dealkylation sites (tertiary alicyclic amines) is 1. The Morgan fingerprint density at radius 1 is 1.30 bits per heavy atom. The number of quaternary nitrogens is 1. The largest absolute Gasteiger partial charge is 0.371 e. The van der Waals surface area contributed by atoms with Crippen LogP contribution in [0, 0.1) is 22.0 Å². The molecular formula is C20H31N4O3+. The van der Waals surface area contributed by atoms with E-state index in [-0.39, 0.29) is 11.6 Å². The fraction of sp³-hybridized carbons (Fsp3) is 0.650. The molecule has 1 aromatic carbocycles. The van der Waals surface area contributed by atoms with Crippen molar-refractivity contribution in [1.29, 1.82) is 0 Å². The van der Waals surface area contributed by atoms with E-state index in [1.54, 1.807) is 12.1 Å². The molecule has 0 bridgehead atoms. The van der Waals surface area contributed by atoms with Crippen LogP contribution in [0.4, 0.5) is 17.1 Å². The van der Waals surface area contributed by atoms with Crippen LogP contribution >= 0.6 is 0 Å². The molecule has 0 aliphatic carbocycles. The van der Waals surface area contributed by atoms with E-state index in [0.717, 1.165) is 44.7 Å². The predicted molar refractivity (Wildman–Crippen MR) is 106 cm³/mol. The molecule has 2 aliphatic heterocycles. The lowest BCUT2D eigenvalue weighted by Crippen LogP contribution is -3.14. The Bertz CT molecular complexity index is 694. The Morgan fingerprint density at radius 2 is 2.07 bits per heavy atom. The number of benzene rings is 1. The summed E-state index contributed by atoms with van der Waals surface area (Å²) in [6.07, 6.45) is 4.68.